The fraction of sp³-hybridized carbons (Fsp3) is 0.200. The van der Waals surface area contributed by atoms with Crippen LogP contribution in [0, 0.1) is 18.3 Å². The van der Waals surface area contributed by atoms with Gasteiger partial charge in [-0.1, -0.05) is 32.0 Å². The fourth-order valence-electron chi connectivity index (χ4n) is 3.68. The van der Waals surface area contributed by atoms with Crippen LogP contribution in [0.1, 0.15) is 52.6 Å². The summed E-state index contributed by atoms with van der Waals surface area (Å²) in [5, 5.41) is 18.8. The lowest BCUT2D eigenvalue weighted by molar-refractivity contribution is -0.137. The molecular formula is C25H21F3N2O4S. The molecule has 0 atom stereocenters. The topological polar surface area (TPSA) is 100 Å². The molecular weight excluding hydrogens is 481 g/mol. The Kier molecular flexibility index (Phi) is 6.94. The molecule has 0 amide bonds. The normalized spacial score (nSPS) is 12.6. The molecule has 0 aliphatic carbocycles. The maximum Gasteiger partial charge on any atom is 0.418 e. The third-order valence-electron chi connectivity index (χ3n) is 5.43. The summed E-state index contributed by atoms with van der Waals surface area (Å²) >= 11 is 0. The molecule has 182 valence electrons. The van der Waals surface area contributed by atoms with E-state index in [0.717, 1.165) is 18.2 Å². The van der Waals surface area contributed by atoms with Crippen LogP contribution >= 0.6 is 0 Å². The van der Waals surface area contributed by atoms with E-state index in [1.54, 1.807) is 26.0 Å². The van der Waals surface area contributed by atoms with Gasteiger partial charge in [0.1, 0.15) is 11.0 Å². The average Bonchev–Trinajstić information content (AvgIpc) is 3.12. The summed E-state index contributed by atoms with van der Waals surface area (Å²) in [6, 6.07) is 12.8. The number of nitriles is 1. The molecule has 0 unspecified atom stereocenters. The Bertz CT molecular complexity index is 1480. The molecule has 0 aliphatic heterocycles. The van der Waals surface area contributed by atoms with Gasteiger partial charge in [0.15, 0.2) is 0 Å². The molecule has 2 aromatic carbocycles. The SMILES string of the molecule is Cc1c(/C=C(\C#N)S(=O)(=O)c2cccc(C(=O)O)c2)cc(C(C)C)n1-c1ccccc1C(F)(F)F. The van der Waals surface area contributed by atoms with Gasteiger partial charge in [0.05, 0.1) is 21.7 Å². The largest absolute Gasteiger partial charge is 0.478 e. The molecule has 1 heterocycles. The Hall–Kier alpha value is -3.84. The summed E-state index contributed by atoms with van der Waals surface area (Å²) in [5.74, 6) is -1.56. The lowest BCUT2D eigenvalue weighted by Gasteiger charge is -2.19. The number of hydrogen-bond acceptors (Lipinski definition) is 4. The van der Waals surface area contributed by atoms with Crippen LogP contribution in [0.2, 0.25) is 0 Å². The number of alkyl halides is 3. The van der Waals surface area contributed by atoms with Crippen molar-refractivity contribution in [2.24, 2.45) is 0 Å². The highest BCUT2D eigenvalue weighted by Gasteiger charge is 2.34. The number of aromatic carboxylic acids is 1. The monoisotopic (exact) mass is 502 g/mol. The first-order chi connectivity index (χ1) is 16.3. The number of carboxylic acids is 1. The zero-order chi connectivity index (χ0) is 26.1. The summed E-state index contributed by atoms with van der Waals surface area (Å²) in [4.78, 5) is 10.2. The molecule has 0 fully saturated rings. The first-order valence-corrected chi connectivity index (χ1v) is 11.9. The summed E-state index contributed by atoms with van der Waals surface area (Å²) in [7, 11) is -4.39. The molecule has 3 aromatic rings. The van der Waals surface area contributed by atoms with E-state index in [4.69, 9.17) is 5.11 Å². The zero-order valence-electron chi connectivity index (χ0n) is 19.0. The number of carboxylic acid groups (broad SMARTS) is 1. The van der Waals surface area contributed by atoms with Crippen LogP contribution in [0.15, 0.2) is 64.4 Å². The quantitative estimate of drug-likeness (QED) is 0.419. The van der Waals surface area contributed by atoms with Crippen molar-refractivity contribution in [3.05, 3.63) is 87.6 Å². The van der Waals surface area contributed by atoms with E-state index in [0.29, 0.717) is 11.4 Å². The van der Waals surface area contributed by atoms with Gasteiger partial charge < -0.3 is 9.67 Å². The number of benzene rings is 2. The minimum absolute atomic E-state index is 0.114. The Morgan fingerprint density at radius 2 is 1.77 bits per heavy atom. The molecule has 0 saturated carbocycles. The first-order valence-electron chi connectivity index (χ1n) is 10.4. The molecule has 3 rings (SSSR count). The molecule has 10 heteroatoms. The minimum atomic E-state index is -4.62. The Morgan fingerprint density at radius 3 is 2.34 bits per heavy atom. The molecule has 1 aromatic heterocycles. The van der Waals surface area contributed by atoms with Gasteiger partial charge in [-0.05, 0) is 60.9 Å². The second-order valence-corrected chi connectivity index (χ2v) is 9.99. The van der Waals surface area contributed by atoms with Crippen molar-refractivity contribution in [2.45, 2.75) is 37.8 Å². The van der Waals surface area contributed by atoms with Crippen LogP contribution in [-0.4, -0.2) is 24.1 Å². The second-order valence-electron chi connectivity index (χ2n) is 8.07. The van der Waals surface area contributed by atoms with Gasteiger partial charge in [-0.2, -0.15) is 18.4 Å². The Morgan fingerprint density at radius 1 is 1.11 bits per heavy atom. The predicted molar refractivity (Wildman–Crippen MR) is 124 cm³/mol. The lowest BCUT2D eigenvalue weighted by atomic mass is 10.1. The maximum absolute atomic E-state index is 13.7. The highest BCUT2D eigenvalue weighted by atomic mass is 32.2. The number of sulfone groups is 1. The molecule has 0 spiro atoms. The van der Waals surface area contributed by atoms with Crippen molar-refractivity contribution in [3.8, 4) is 11.8 Å². The van der Waals surface area contributed by atoms with E-state index in [-0.39, 0.29) is 27.6 Å². The van der Waals surface area contributed by atoms with E-state index in [2.05, 4.69) is 0 Å². The lowest BCUT2D eigenvalue weighted by Crippen LogP contribution is -2.13. The molecule has 0 bridgehead atoms. The van der Waals surface area contributed by atoms with E-state index < -0.39 is 32.5 Å². The van der Waals surface area contributed by atoms with Crippen molar-refractivity contribution in [1.29, 1.82) is 5.26 Å². The number of para-hydroxylation sites is 1. The number of hydrogen-bond donors (Lipinski definition) is 1. The molecule has 6 nitrogen and oxygen atoms in total. The van der Waals surface area contributed by atoms with Gasteiger partial charge in [-0.25, -0.2) is 13.2 Å². The summed E-state index contributed by atoms with van der Waals surface area (Å²) in [6.45, 7) is 5.11. The van der Waals surface area contributed by atoms with Crippen LogP contribution in [-0.2, 0) is 16.0 Å². The van der Waals surface area contributed by atoms with Crippen molar-refractivity contribution in [2.75, 3.05) is 0 Å². The molecule has 1 N–H and O–H groups in total. The van der Waals surface area contributed by atoms with Crippen molar-refractivity contribution in [3.63, 3.8) is 0 Å². The van der Waals surface area contributed by atoms with E-state index >= 15 is 0 Å². The summed E-state index contributed by atoms with van der Waals surface area (Å²) < 4.78 is 68.7. The Labute approximate surface area is 200 Å². The van der Waals surface area contributed by atoms with Crippen molar-refractivity contribution < 1.29 is 31.5 Å². The molecule has 0 radical (unpaired) electrons. The van der Waals surface area contributed by atoms with Gasteiger partial charge in [-0.15, -0.1) is 0 Å². The number of nitrogens with zero attached hydrogens (tertiary/aromatic N) is 2. The van der Waals surface area contributed by atoms with Crippen molar-refractivity contribution >= 4 is 21.9 Å². The number of halogens is 3. The highest BCUT2D eigenvalue weighted by Crippen LogP contribution is 2.37. The average molecular weight is 503 g/mol. The first kappa shape index (κ1) is 25.8. The van der Waals surface area contributed by atoms with Crippen LogP contribution in [0.5, 0.6) is 0 Å². The van der Waals surface area contributed by atoms with Gasteiger partial charge in [0, 0.05) is 11.4 Å². The van der Waals surface area contributed by atoms with Gasteiger partial charge in [-0.3, -0.25) is 0 Å². The van der Waals surface area contributed by atoms with Crippen LogP contribution < -0.4 is 0 Å². The zero-order valence-corrected chi connectivity index (χ0v) is 19.8. The number of rotatable bonds is 6. The summed E-state index contributed by atoms with van der Waals surface area (Å²) in [5.41, 5.74) is -0.177. The van der Waals surface area contributed by atoms with Crippen molar-refractivity contribution in [1.82, 2.24) is 4.57 Å². The maximum atomic E-state index is 13.7. The number of aromatic nitrogens is 1. The van der Waals surface area contributed by atoms with Gasteiger partial charge >= 0.3 is 12.1 Å². The third-order valence-corrected chi connectivity index (χ3v) is 7.10. The predicted octanol–water partition coefficient (Wildman–Crippen LogP) is 5.96. The van der Waals surface area contributed by atoms with E-state index in [9.17, 15) is 31.6 Å². The van der Waals surface area contributed by atoms with Gasteiger partial charge in [0.25, 0.3) is 0 Å². The van der Waals surface area contributed by atoms with E-state index in [1.165, 1.54) is 47.9 Å². The molecule has 35 heavy (non-hydrogen) atoms. The standard InChI is InChI=1S/C25H21F3N2O4S/c1-15(2)23-13-18(16(3)30(23)22-10-5-4-9-21(22)25(26,27)28)12-20(14-29)35(33,34)19-8-6-7-17(11-19)24(31)32/h4-13,15H,1-3H3,(H,31,32)/b20-12+. The number of allylic oxidation sites excluding steroid dienone is 1. The smallest absolute Gasteiger partial charge is 0.418 e. The molecule has 0 saturated heterocycles. The minimum Gasteiger partial charge on any atom is -0.478 e. The second kappa shape index (κ2) is 9.43. The number of carbonyl (C=O) groups is 1. The van der Waals surface area contributed by atoms with E-state index in [1.807, 2.05) is 0 Å². The van der Waals surface area contributed by atoms with Crippen LogP contribution in [0.4, 0.5) is 13.2 Å². The fourth-order valence-corrected chi connectivity index (χ4v) is 4.88. The summed E-state index contributed by atoms with van der Waals surface area (Å²) in [6.07, 6.45) is -3.52. The molecule has 0 aliphatic rings. The van der Waals surface area contributed by atoms with Gasteiger partial charge in [0.2, 0.25) is 9.84 Å². The highest BCUT2D eigenvalue weighted by molar-refractivity contribution is 7.95. The Balaban J connectivity index is 2.24. The third kappa shape index (κ3) is 5.00. The van der Waals surface area contributed by atoms with Crippen LogP contribution in [0.3, 0.4) is 0 Å². The van der Waals surface area contributed by atoms with Crippen LogP contribution in [0.25, 0.3) is 11.8 Å².